The van der Waals surface area contributed by atoms with E-state index in [1.54, 1.807) is 36.2 Å². The Labute approximate surface area is 158 Å². The van der Waals surface area contributed by atoms with Crippen LogP contribution in [0.3, 0.4) is 0 Å². The zero-order chi connectivity index (χ0) is 18.9. The molecule has 0 aliphatic carbocycles. The lowest BCUT2D eigenvalue weighted by Gasteiger charge is -2.30. The Morgan fingerprint density at radius 2 is 1.88 bits per heavy atom. The van der Waals surface area contributed by atoms with Crippen molar-refractivity contribution in [1.82, 2.24) is 10.2 Å². The summed E-state index contributed by atoms with van der Waals surface area (Å²) in [6.07, 6.45) is 0.509. The molecule has 0 aliphatic rings. The van der Waals surface area contributed by atoms with Gasteiger partial charge in [0.25, 0.3) is 5.91 Å². The van der Waals surface area contributed by atoms with Crippen LogP contribution in [0.5, 0.6) is 5.75 Å². The molecular formula is C20H23ClN2O3. The van der Waals surface area contributed by atoms with E-state index in [4.69, 9.17) is 16.3 Å². The smallest absolute Gasteiger partial charge is 0.261 e. The second-order valence-corrected chi connectivity index (χ2v) is 6.23. The van der Waals surface area contributed by atoms with Crippen molar-refractivity contribution < 1.29 is 14.3 Å². The van der Waals surface area contributed by atoms with E-state index in [0.717, 1.165) is 5.56 Å². The van der Waals surface area contributed by atoms with Crippen LogP contribution >= 0.6 is 11.6 Å². The molecule has 1 N–H and O–H groups in total. The summed E-state index contributed by atoms with van der Waals surface area (Å²) in [5.41, 5.74) is 0.950. The molecule has 0 radical (unpaired) electrons. The molecule has 0 aliphatic heterocycles. The van der Waals surface area contributed by atoms with Gasteiger partial charge in [0.05, 0.1) is 0 Å². The molecule has 0 fully saturated rings. The fraction of sp³-hybridized carbons (Fsp3) is 0.300. The molecule has 1 unspecified atom stereocenters. The maximum absolute atomic E-state index is 12.8. The molecule has 2 rings (SSSR count). The lowest BCUT2D eigenvalue weighted by Crippen LogP contribution is -2.49. The summed E-state index contributed by atoms with van der Waals surface area (Å²) >= 11 is 5.94. The molecule has 0 spiro atoms. The lowest BCUT2D eigenvalue weighted by molar-refractivity contribution is -0.142. The predicted octanol–water partition coefficient (Wildman–Crippen LogP) is 3.27. The highest BCUT2D eigenvalue weighted by atomic mass is 35.5. The van der Waals surface area contributed by atoms with E-state index in [1.165, 1.54) is 0 Å². The molecule has 0 heterocycles. The third-order valence-electron chi connectivity index (χ3n) is 3.99. The van der Waals surface area contributed by atoms with Crippen molar-refractivity contribution in [3.05, 3.63) is 65.2 Å². The quantitative estimate of drug-likeness (QED) is 0.771. The van der Waals surface area contributed by atoms with Crippen LogP contribution in [-0.2, 0) is 16.1 Å². The molecular weight excluding hydrogens is 352 g/mol. The van der Waals surface area contributed by atoms with E-state index in [0.29, 0.717) is 23.7 Å². The van der Waals surface area contributed by atoms with E-state index in [9.17, 15) is 9.59 Å². The first kappa shape index (κ1) is 19.8. The van der Waals surface area contributed by atoms with Gasteiger partial charge in [-0.25, -0.2) is 0 Å². The van der Waals surface area contributed by atoms with Crippen LogP contribution in [0, 0.1) is 0 Å². The molecule has 2 aromatic rings. The van der Waals surface area contributed by atoms with Gasteiger partial charge >= 0.3 is 0 Å². The monoisotopic (exact) mass is 374 g/mol. The highest BCUT2D eigenvalue weighted by Gasteiger charge is 2.28. The van der Waals surface area contributed by atoms with Gasteiger partial charge in [0.15, 0.2) is 6.61 Å². The fourth-order valence-electron chi connectivity index (χ4n) is 2.65. The highest BCUT2D eigenvalue weighted by molar-refractivity contribution is 6.30. The summed E-state index contributed by atoms with van der Waals surface area (Å²) in [6.45, 7) is 2.05. The summed E-state index contributed by atoms with van der Waals surface area (Å²) < 4.78 is 5.57. The summed E-state index contributed by atoms with van der Waals surface area (Å²) in [7, 11) is 1.57. The number of benzene rings is 2. The Bertz CT molecular complexity index is 737. The first-order valence-electron chi connectivity index (χ1n) is 8.48. The van der Waals surface area contributed by atoms with E-state index < -0.39 is 6.04 Å². The van der Waals surface area contributed by atoms with E-state index in [-0.39, 0.29) is 18.4 Å². The molecule has 26 heavy (non-hydrogen) atoms. The van der Waals surface area contributed by atoms with Crippen molar-refractivity contribution in [2.24, 2.45) is 0 Å². The average molecular weight is 375 g/mol. The second kappa shape index (κ2) is 9.82. The van der Waals surface area contributed by atoms with Gasteiger partial charge in [0, 0.05) is 18.6 Å². The zero-order valence-corrected chi connectivity index (χ0v) is 15.7. The standard InChI is InChI=1S/C20H23ClN2O3/c1-3-18(20(25)22-2)23(13-15-8-5-4-6-9-15)19(24)14-26-17-11-7-10-16(21)12-17/h4-12,18H,3,13-14H2,1-2H3,(H,22,25). The largest absolute Gasteiger partial charge is 0.484 e. The second-order valence-electron chi connectivity index (χ2n) is 5.79. The van der Waals surface area contributed by atoms with Crippen LogP contribution in [0.2, 0.25) is 5.02 Å². The summed E-state index contributed by atoms with van der Waals surface area (Å²) in [4.78, 5) is 26.6. The number of ether oxygens (including phenoxy) is 1. The van der Waals surface area contributed by atoms with Gasteiger partial charge in [0.1, 0.15) is 11.8 Å². The molecule has 0 saturated carbocycles. The van der Waals surface area contributed by atoms with Gasteiger partial charge in [-0.1, -0.05) is 54.9 Å². The normalized spacial score (nSPS) is 11.5. The first-order chi connectivity index (χ1) is 12.5. The molecule has 6 heteroatoms. The Morgan fingerprint density at radius 1 is 1.15 bits per heavy atom. The summed E-state index contributed by atoms with van der Waals surface area (Å²) in [5, 5.41) is 3.16. The van der Waals surface area contributed by atoms with Crippen molar-refractivity contribution in [2.75, 3.05) is 13.7 Å². The van der Waals surface area contributed by atoms with Crippen molar-refractivity contribution in [1.29, 1.82) is 0 Å². The number of carbonyl (C=O) groups excluding carboxylic acids is 2. The average Bonchev–Trinajstić information content (AvgIpc) is 2.66. The number of likely N-dealkylation sites (N-methyl/N-ethyl adjacent to an activating group) is 1. The predicted molar refractivity (Wildman–Crippen MR) is 102 cm³/mol. The highest BCUT2D eigenvalue weighted by Crippen LogP contribution is 2.18. The van der Waals surface area contributed by atoms with Crippen molar-refractivity contribution >= 4 is 23.4 Å². The van der Waals surface area contributed by atoms with Gasteiger partial charge in [-0.15, -0.1) is 0 Å². The number of rotatable bonds is 8. The van der Waals surface area contributed by atoms with Crippen molar-refractivity contribution in [2.45, 2.75) is 25.9 Å². The first-order valence-corrected chi connectivity index (χ1v) is 8.86. The Morgan fingerprint density at radius 3 is 2.50 bits per heavy atom. The topological polar surface area (TPSA) is 58.6 Å². The minimum absolute atomic E-state index is 0.166. The molecule has 5 nitrogen and oxygen atoms in total. The number of hydrogen-bond acceptors (Lipinski definition) is 3. The van der Waals surface area contributed by atoms with Crippen LogP contribution in [0.15, 0.2) is 54.6 Å². The molecule has 0 saturated heterocycles. The Balaban J connectivity index is 2.15. The van der Waals surface area contributed by atoms with E-state index in [1.807, 2.05) is 37.3 Å². The number of hydrogen-bond donors (Lipinski definition) is 1. The third kappa shape index (κ3) is 5.49. The number of nitrogens with one attached hydrogen (secondary N) is 1. The maximum Gasteiger partial charge on any atom is 0.261 e. The van der Waals surface area contributed by atoms with Gasteiger partial charge in [-0.3, -0.25) is 9.59 Å². The van der Waals surface area contributed by atoms with E-state index >= 15 is 0 Å². The van der Waals surface area contributed by atoms with Crippen molar-refractivity contribution in [3.8, 4) is 5.75 Å². The fourth-order valence-corrected chi connectivity index (χ4v) is 2.83. The lowest BCUT2D eigenvalue weighted by atomic mass is 10.1. The number of nitrogens with zero attached hydrogens (tertiary/aromatic N) is 1. The zero-order valence-electron chi connectivity index (χ0n) is 14.9. The van der Waals surface area contributed by atoms with Gasteiger partial charge < -0.3 is 15.0 Å². The maximum atomic E-state index is 12.8. The molecule has 138 valence electrons. The van der Waals surface area contributed by atoms with Gasteiger partial charge in [-0.2, -0.15) is 0 Å². The van der Waals surface area contributed by atoms with Crippen LogP contribution < -0.4 is 10.1 Å². The van der Waals surface area contributed by atoms with Crippen molar-refractivity contribution in [3.63, 3.8) is 0 Å². The van der Waals surface area contributed by atoms with Crippen LogP contribution in [0.25, 0.3) is 0 Å². The minimum atomic E-state index is -0.560. The van der Waals surface area contributed by atoms with Gasteiger partial charge in [-0.05, 0) is 30.2 Å². The SMILES string of the molecule is CCC(C(=O)NC)N(Cc1ccccc1)C(=O)COc1cccc(Cl)c1. The molecule has 0 aromatic heterocycles. The molecule has 2 amide bonds. The minimum Gasteiger partial charge on any atom is -0.484 e. The molecule has 1 atom stereocenters. The Kier molecular flexibility index (Phi) is 7.48. The van der Waals surface area contributed by atoms with Crippen LogP contribution in [-0.4, -0.2) is 36.4 Å². The summed E-state index contributed by atoms with van der Waals surface area (Å²) in [5.74, 6) is 0.0577. The number of carbonyl (C=O) groups is 2. The van der Waals surface area contributed by atoms with E-state index in [2.05, 4.69) is 5.32 Å². The van der Waals surface area contributed by atoms with Gasteiger partial charge in [0.2, 0.25) is 5.91 Å². The number of amides is 2. The number of halogens is 1. The summed E-state index contributed by atoms with van der Waals surface area (Å²) in [6, 6.07) is 15.9. The molecule has 2 aromatic carbocycles. The Hall–Kier alpha value is -2.53. The van der Waals surface area contributed by atoms with Crippen LogP contribution in [0.1, 0.15) is 18.9 Å². The van der Waals surface area contributed by atoms with Crippen LogP contribution in [0.4, 0.5) is 0 Å². The third-order valence-corrected chi connectivity index (χ3v) is 4.22. The molecule has 0 bridgehead atoms.